The molecule has 0 unspecified atom stereocenters. The molecule has 0 spiro atoms. The van der Waals surface area contributed by atoms with Gasteiger partial charge in [-0.2, -0.15) is 15.0 Å². The van der Waals surface area contributed by atoms with Crippen molar-refractivity contribution in [2.75, 3.05) is 13.1 Å². The Morgan fingerprint density at radius 2 is 2.00 bits per heavy atom. The third kappa shape index (κ3) is 3.04. The molecule has 2 heterocycles. The van der Waals surface area contributed by atoms with Crippen molar-refractivity contribution in [3.8, 4) is 5.75 Å². The number of hydrogen-bond donors (Lipinski definition) is 0. The summed E-state index contributed by atoms with van der Waals surface area (Å²) in [6.07, 6.45) is 3.70. The van der Waals surface area contributed by atoms with E-state index in [1.165, 1.54) is 0 Å². The van der Waals surface area contributed by atoms with E-state index in [-0.39, 0.29) is 11.9 Å². The lowest BCUT2D eigenvalue weighted by Crippen LogP contribution is -2.39. The third-order valence-corrected chi connectivity index (χ3v) is 3.64. The predicted octanol–water partition coefficient (Wildman–Crippen LogP) is 1.52. The zero-order valence-electron chi connectivity index (χ0n) is 11.9. The number of aromatic nitrogens is 3. The molecule has 0 saturated carbocycles. The highest BCUT2D eigenvalue weighted by atomic mass is 16.5. The molecular weight excluding hydrogens is 268 g/mol. The van der Waals surface area contributed by atoms with E-state index in [4.69, 9.17) is 4.74 Å². The van der Waals surface area contributed by atoms with Crippen molar-refractivity contribution < 1.29 is 9.53 Å². The Bertz CT molecular complexity index is 585. The second kappa shape index (κ2) is 5.95. The number of carbonyl (C=O) groups is 1. The van der Waals surface area contributed by atoms with E-state index < -0.39 is 6.10 Å². The average molecular weight is 286 g/mol. The van der Waals surface area contributed by atoms with Gasteiger partial charge >= 0.3 is 0 Å². The van der Waals surface area contributed by atoms with Crippen LogP contribution in [0.1, 0.15) is 19.4 Å². The summed E-state index contributed by atoms with van der Waals surface area (Å²) < 4.78 is 5.69. The molecule has 0 radical (unpaired) electrons. The molecule has 1 saturated heterocycles. The van der Waals surface area contributed by atoms with Crippen LogP contribution in [0, 0.1) is 0 Å². The van der Waals surface area contributed by atoms with E-state index in [0.717, 1.165) is 6.42 Å². The van der Waals surface area contributed by atoms with Crippen molar-refractivity contribution in [2.45, 2.75) is 25.5 Å². The van der Waals surface area contributed by atoms with Gasteiger partial charge < -0.3 is 9.64 Å². The van der Waals surface area contributed by atoms with Gasteiger partial charge in [0.1, 0.15) is 5.75 Å². The maximum absolute atomic E-state index is 12.4. The third-order valence-electron chi connectivity index (χ3n) is 3.64. The maximum atomic E-state index is 12.4. The van der Waals surface area contributed by atoms with Crippen LogP contribution in [0.3, 0.4) is 0 Å². The van der Waals surface area contributed by atoms with Gasteiger partial charge in [0.15, 0.2) is 6.10 Å². The fourth-order valence-corrected chi connectivity index (χ4v) is 2.56. The van der Waals surface area contributed by atoms with Crippen LogP contribution in [-0.2, 0) is 4.79 Å². The highest BCUT2D eigenvalue weighted by molar-refractivity contribution is 5.81. The van der Waals surface area contributed by atoms with Gasteiger partial charge in [-0.15, -0.1) is 0 Å². The average Bonchev–Trinajstić information content (AvgIpc) is 3.18. The van der Waals surface area contributed by atoms with Crippen LogP contribution < -0.4 is 4.74 Å². The molecule has 0 N–H and O–H groups in total. The lowest BCUT2D eigenvalue weighted by molar-refractivity contribution is -0.137. The summed E-state index contributed by atoms with van der Waals surface area (Å²) in [7, 11) is 0. The van der Waals surface area contributed by atoms with Gasteiger partial charge in [-0.3, -0.25) is 4.79 Å². The summed E-state index contributed by atoms with van der Waals surface area (Å²) >= 11 is 0. The van der Waals surface area contributed by atoms with E-state index in [1.54, 1.807) is 24.1 Å². The standard InChI is InChI=1S/C15H18N4O2/c1-12(21-14-5-3-2-4-6-14)15(20)18-10-7-13(11-18)19-16-8-9-17-19/h2-6,8-9,12-13H,7,10-11H2,1H3/t12-,13-/m0/s1. The number of ether oxygens (including phenoxy) is 1. The van der Waals surface area contributed by atoms with Gasteiger partial charge in [-0.05, 0) is 25.5 Å². The van der Waals surface area contributed by atoms with Gasteiger partial charge in [0.25, 0.3) is 5.91 Å². The van der Waals surface area contributed by atoms with Crippen LogP contribution in [0.4, 0.5) is 0 Å². The number of hydrogen-bond acceptors (Lipinski definition) is 4. The van der Waals surface area contributed by atoms with Gasteiger partial charge in [0, 0.05) is 13.1 Å². The Balaban J connectivity index is 1.58. The van der Waals surface area contributed by atoms with Crippen LogP contribution >= 0.6 is 0 Å². The van der Waals surface area contributed by atoms with Crippen molar-refractivity contribution in [3.63, 3.8) is 0 Å². The van der Waals surface area contributed by atoms with Gasteiger partial charge in [0.05, 0.1) is 18.4 Å². The van der Waals surface area contributed by atoms with Crippen LogP contribution in [0.15, 0.2) is 42.7 Å². The number of carbonyl (C=O) groups excluding carboxylic acids is 1. The largest absolute Gasteiger partial charge is 0.481 e. The molecule has 0 bridgehead atoms. The molecule has 1 fully saturated rings. The van der Waals surface area contributed by atoms with E-state index in [1.807, 2.05) is 35.2 Å². The minimum absolute atomic E-state index is 0.00788. The number of nitrogens with zero attached hydrogens (tertiary/aromatic N) is 4. The van der Waals surface area contributed by atoms with Crippen molar-refractivity contribution >= 4 is 5.91 Å². The van der Waals surface area contributed by atoms with Crippen molar-refractivity contribution in [1.29, 1.82) is 0 Å². The summed E-state index contributed by atoms with van der Waals surface area (Å²) in [5.74, 6) is 0.719. The Morgan fingerprint density at radius 3 is 2.71 bits per heavy atom. The van der Waals surface area contributed by atoms with Crippen molar-refractivity contribution in [3.05, 3.63) is 42.7 Å². The minimum Gasteiger partial charge on any atom is -0.481 e. The van der Waals surface area contributed by atoms with Crippen LogP contribution in [0.25, 0.3) is 0 Å². The first-order valence-corrected chi connectivity index (χ1v) is 7.10. The summed E-state index contributed by atoms with van der Waals surface area (Å²) in [5, 5.41) is 8.28. The van der Waals surface area contributed by atoms with E-state index in [0.29, 0.717) is 18.8 Å². The topological polar surface area (TPSA) is 60.2 Å². The number of amides is 1. The molecule has 3 rings (SSSR count). The lowest BCUT2D eigenvalue weighted by atomic mass is 10.3. The molecule has 110 valence electrons. The normalized spacial score (nSPS) is 19.5. The lowest BCUT2D eigenvalue weighted by Gasteiger charge is -2.21. The number of rotatable bonds is 4. The summed E-state index contributed by atoms with van der Waals surface area (Å²) in [6, 6.07) is 9.56. The van der Waals surface area contributed by atoms with Crippen LogP contribution in [-0.4, -0.2) is 45.0 Å². The van der Waals surface area contributed by atoms with Crippen molar-refractivity contribution in [1.82, 2.24) is 19.9 Å². The highest BCUT2D eigenvalue weighted by Gasteiger charge is 2.31. The summed E-state index contributed by atoms with van der Waals surface area (Å²) in [5.41, 5.74) is 0. The number of benzene rings is 1. The fraction of sp³-hybridized carbons (Fsp3) is 0.400. The zero-order chi connectivity index (χ0) is 14.7. The first-order chi connectivity index (χ1) is 10.2. The maximum Gasteiger partial charge on any atom is 0.263 e. The zero-order valence-corrected chi connectivity index (χ0v) is 11.9. The Labute approximate surface area is 123 Å². The van der Waals surface area contributed by atoms with E-state index >= 15 is 0 Å². The first-order valence-electron chi connectivity index (χ1n) is 7.10. The van der Waals surface area contributed by atoms with Crippen molar-refractivity contribution in [2.24, 2.45) is 0 Å². The van der Waals surface area contributed by atoms with Crippen LogP contribution in [0.2, 0.25) is 0 Å². The van der Waals surface area contributed by atoms with E-state index in [2.05, 4.69) is 10.2 Å². The van der Waals surface area contributed by atoms with E-state index in [9.17, 15) is 4.79 Å². The summed E-state index contributed by atoms with van der Waals surface area (Å²) in [4.78, 5) is 15.9. The molecule has 2 aromatic rings. The van der Waals surface area contributed by atoms with Crippen LogP contribution in [0.5, 0.6) is 5.75 Å². The molecular formula is C15H18N4O2. The molecule has 1 aromatic heterocycles. The molecule has 1 aliphatic heterocycles. The van der Waals surface area contributed by atoms with Gasteiger partial charge in [-0.1, -0.05) is 18.2 Å². The molecule has 2 atom stereocenters. The second-order valence-corrected chi connectivity index (χ2v) is 5.15. The molecule has 6 nitrogen and oxygen atoms in total. The van der Waals surface area contributed by atoms with Gasteiger partial charge in [0.2, 0.25) is 0 Å². The first kappa shape index (κ1) is 13.6. The molecule has 1 aliphatic rings. The monoisotopic (exact) mass is 286 g/mol. The van der Waals surface area contributed by atoms with Gasteiger partial charge in [-0.25, -0.2) is 0 Å². The highest BCUT2D eigenvalue weighted by Crippen LogP contribution is 2.21. The SMILES string of the molecule is C[C@H](Oc1ccccc1)C(=O)N1CC[C@H](n2nccn2)C1. The molecule has 6 heteroatoms. The molecule has 1 aromatic carbocycles. The fourth-order valence-electron chi connectivity index (χ4n) is 2.56. The quantitative estimate of drug-likeness (QED) is 0.855. The second-order valence-electron chi connectivity index (χ2n) is 5.15. The Morgan fingerprint density at radius 1 is 1.29 bits per heavy atom. The Kier molecular flexibility index (Phi) is 3.85. The smallest absolute Gasteiger partial charge is 0.263 e. The predicted molar refractivity (Wildman–Crippen MR) is 76.8 cm³/mol. The Hall–Kier alpha value is -2.37. The number of para-hydroxylation sites is 1. The number of likely N-dealkylation sites (tertiary alicyclic amines) is 1. The molecule has 21 heavy (non-hydrogen) atoms. The minimum atomic E-state index is -0.489. The molecule has 1 amide bonds. The molecule has 0 aliphatic carbocycles. The summed E-state index contributed by atoms with van der Waals surface area (Å²) in [6.45, 7) is 3.14.